The summed E-state index contributed by atoms with van der Waals surface area (Å²) in [5.41, 5.74) is 3.69. The number of hydrogen-bond acceptors (Lipinski definition) is 4. The van der Waals surface area contributed by atoms with E-state index in [0.717, 1.165) is 42.0 Å². The van der Waals surface area contributed by atoms with Crippen molar-refractivity contribution in [2.75, 3.05) is 18.4 Å². The van der Waals surface area contributed by atoms with Gasteiger partial charge in [0.25, 0.3) is 5.91 Å². The van der Waals surface area contributed by atoms with Crippen LogP contribution in [0.1, 0.15) is 35.8 Å². The molecule has 1 saturated heterocycles. The predicted octanol–water partition coefficient (Wildman–Crippen LogP) is 5.21. The molecule has 28 heavy (non-hydrogen) atoms. The molecule has 4 rings (SSSR count). The van der Waals surface area contributed by atoms with Gasteiger partial charge in [-0.2, -0.15) is 0 Å². The number of hydrogen-bond donors (Lipinski definition) is 1. The third-order valence-electron chi connectivity index (χ3n) is 5.16. The standard InChI is InChI=1S/C22H23ClN4O/c1-14-4-3-11-27(13-14)22(28)19-12-24-21-18(10-5-15(2)25-21)20(19)26-17-8-6-16(23)7-9-17/h5-10,12,14H,3-4,11,13H2,1-2H3,(H,24,25,26). The zero-order chi connectivity index (χ0) is 19.7. The monoisotopic (exact) mass is 394 g/mol. The van der Waals surface area contributed by atoms with Gasteiger partial charge in [-0.15, -0.1) is 0 Å². The van der Waals surface area contributed by atoms with Crippen LogP contribution in [0, 0.1) is 12.8 Å². The Hall–Kier alpha value is -2.66. The van der Waals surface area contributed by atoms with Crippen LogP contribution >= 0.6 is 11.6 Å². The summed E-state index contributed by atoms with van der Waals surface area (Å²) in [4.78, 5) is 24.3. The van der Waals surface area contributed by atoms with Gasteiger partial charge in [-0.05, 0) is 62.1 Å². The van der Waals surface area contributed by atoms with E-state index in [4.69, 9.17) is 11.6 Å². The van der Waals surface area contributed by atoms with Gasteiger partial charge < -0.3 is 10.2 Å². The Labute approximate surface area is 169 Å². The second-order valence-corrected chi connectivity index (χ2v) is 7.94. The minimum absolute atomic E-state index is 0.0120. The fourth-order valence-electron chi connectivity index (χ4n) is 3.69. The highest BCUT2D eigenvalue weighted by Gasteiger charge is 2.25. The third-order valence-corrected chi connectivity index (χ3v) is 5.41. The van der Waals surface area contributed by atoms with Crippen LogP contribution in [0.3, 0.4) is 0 Å². The van der Waals surface area contributed by atoms with Gasteiger partial charge in [0, 0.05) is 41.1 Å². The maximum atomic E-state index is 13.3. The van der Waals surface area contributed by atoms with E-state index in [1.807, 2.05) is 48.2 Å². The highest BCUT2D eigenvalue weighted by Crippen LogP contribution is 2.31. The maximum absolute atomic E-state index is 13.3. The molecule has 3 aromatic rings. The van der Waals surface area contributed by atoms with Gasteiger partial charge in [0.1, 0.15) is 0 Å². The van der Waals surface area contributed by atoms with Crippen LogP contribution in [0.15, 0.2) is 42.6 Å². The summed E-state index contributed by atoms with van der Waals surface area (Å²) in [5, 5.41) is 4.90. The van der Waals surface area contributed by atoms with E-state index in [1.165, 1.54) is 6.42 Å². The quantitative estimate of drug-likeness (QED) is 0.662. The highest BCUT2D eigenvalue weighted by atomic mass is 35.5. The first-order valence-electron chi connectivity index (χ1n) is 9.59. The number of carbonyl (C=O) groups is 1. The topological polar surface area (TPSA) is 58.1 Å². The SMILES string of the molecule is Cc1ccc2c(Nc3ccc(Cl)cc3)c(C(=O)N3CCCC(C)C3)cnc2n1. The number of amides is 1. The molecule has 3 heterocycles. The number of pyridine rings is 2. The Morgan fingerprint density at radius 1 is 1.21 bits per heavy atom. The number of aromatic nitrogens is 2. The number of benzene rings is 1. The molecule has 1 aliphatic rings. The Balaban J connectivity index is 1.79. The van der Waals surface area contributed by atoms with E-state index < -0.39 is 0 Å². The van der Waals surface area contributed by atoms with Gasteiger partial charge in [0.2, 0.25) is 0 Å². The van der Waals surface area contributed by atoms with Gasteiger partial charge in [-0.1, -0.05) is 18.5 Å². The Bertz CT molecular complexity index is 1020. The maximum Gasteiger partial charge on any atom is 0.257 e. The number of likely N-dealkylation sites (tertiary alicyclic amines) is 1. The van der Waals surface area contributed by atoms with Crippen LogP contribution in [0.2, 0.25) is 5.02 Å². The molecule has 144 valence electrons. The molecule has 1 unspecified atom stereocenters. The summed E-state index contributed by atoms with van der Waals surface area (Å²) in [6.45, 7) is 5.69. The normalized spacial score (nSPS) is 17.0. The number of nitrogens with one attached hydrogen (secondary N) is 1. The van der Waals surface area contributed by atoms with Crippen molar-refractivity contribution >= 4 is 39.9 Å². The van der Waals surface area contributed by atoms with Crippen LogP contribution in [-0.4, -0.2) is 33.9 Å². The fraction of sp³-hybridized carbons (Fsp3) is 0.318. The van der Waals surface area contributed by atoms with Gasteiger partial charge in [-0.3, -0.25) is 4.79 Å². The number of aryl methyl sites for hydroxylation is 1. The van der Waals surface area contributed by atoms with Gasteiger partial charge in [-0.25, -0.2) is 9.97 Å². The van der Waals surface area contributed by atoms with E-state index in [9.17, 15) is 4.79 Å². The summed E-state index contributed by atoms with van der Waals surface area (Å²) in [7, 11) is 0. The zero-order valence-electron chi connectivity index (χ0n) is 16.1. The minimum Gasteiger partial charge on any atom is -0.354 e. The molecule has 1 amide bonds. The van der Waals surface area contributed by atoms with Gasteiger partial charge in [0.15, 0.2) is 5.65 Å². The van der Waals surface area contributed by atoms with Crippen LogP contribution in [0.25, 0.3) is 11.0 Å². The number of anilines is 2. The van der Waals surface area contributed by atoms with Crippen molar-refractivity contribution in [2.45, 2.75) is 26.7 Å². The van der Waals surface area contributed by atoms with Crippen LogP contribution in [0.5, 0.6) is 0 Å². The smallest absolute Gasteiger partial charge is 0.257 e. The van der Waals surface area contributed by atoms with E-state index in [1.54, 1.807) is 6.20 Å². The largest absolute Gasteiger partial charge is 0.354 e. The molecule has 0 bridgehead atoms. The van der Waals surface area contributed by atoms with Crippen molar-refractivity contribution in [3.8, 4) is 0 Å². The lowest BCUT2D eigenvalue weighted by Gasteiger charge is -2.31. The number of rotatable bonds is 3. The first-order valence-corrected chi connectivity index (χ1v) is 9.97. The van der Waals surface area contributed by atoms with E-state index in [0.29, 0.717) is 22.2 Å². The van der Waals surface area contributed by atoms with Crippen molar-refractivity contribution in [3.05, 3.63) is 58.9 Å². The number of piperidine rings is 1. The lowest BCUT2D eigenvalue weighted by atomic mass is 9.99. The number of nitrogens with zero attached hydrogens (tertiary/aromatic N) is 3. The second-order valence-electron chi connectivity index (χ2n) is 7.50. The predicted molar refractivity (Wildman–Crippen MR) is 113 cm³/mol. The Morgan fingerprint density at radius 3 is 2.75 bits per heavy atom. The van der Waals surface area contributed by atoms with E-state index >= 15 is 0 Å². The van der Waals surface area contributed by atoms with Crippen LogP contribution in [-0.2, 0) is 0 Å². The van der Waals surface area contributed by atoms with E-state index in [-0.39, 0.29) is 5.91 Å². The molecular weight excluding hydrogens is 372 g/mol. The molecule has 0 aliphatic carbocycles. The summed E-state index contributed by atoms with van der Waals surface area (Å²) in [5.74, 6) is 0.529. The van der Waals surface area contributed by atoms with Crippen LogP contribution in [0.4, 0.5) is 11.4 Å². The average molecular weight is 395 g/mol. The summed E-state index contributed by atoms with van der Waals surface area (Å²) < 4.78 is 0. The average Bonchev–Trinajstić information content (AvgIpc) is 2.69. The van der Waals surface area contributed by atoms with Crippen molar-refractivity contribution in [2.24, 2.45) is 5.92 Å². The van der Waals surface area contributed by atoms with E-state index in [2.05, 4.69) is 22.2 Å². The highest BCUT2D eigenvalue weighted by molar-refractivity contribution is 6.30. The van der Waals surface area contributed by atoms with Crippen molar-refractivity contribution < 1.29 is 4.79 Å². The Kier molecular flexibility index (Phi) is 5.18. The molecule has 0 radical (unpaired) electrons. The summed E-state index contributed by atoms with van der Waals surface area (Å²) in [6.07, 6.45) is 3.85. The fourth-order valence-corrected chi connectivity index (χ4v) is 3.82. The van der Waals surface area contributed by atoms with Crippen molar-refractivity contribution in [1.29, 1.82) is 0 Å². The number of fused-ring (bicyclic) bond motifs is 1. The molecule has 1 N–H and O–H groups in total. The lowest BCUT2D eigenvalue weighted by molar-refractivity contribution is 0.0684. The molecule has 6 heteroatoms. The van der Waals surface area contributed by atoms with Crippen molar-refractivity contribution in [3.63, 3.8) is 0 Å². The summed E-state index contributed by atoms with van der Waals surface area (Å²) >= 11 is 6.02. The Morgan fingerprint density at radius 2 is 2.00 bits per heavy atom. The molecule has 0 spiro atoms. The molecular formula is C22H23ClN4O. The zero-order valence-corrected chi connectivity index (χ0v) is 16.8. The molecule has 1 atom stereocenters. The van der Waals surface area contributed by atoms with Crippen molar-refractivity contribution in [1.82, 2.24) is 14.9 Å². The van der Waals surface area contributed by atoms with Gasteiger partial charge in [0.05, 0.1) is 11.3 Å². The molecule has 0 saturated carbocycles. The molecule has 5 nitrogen and oxygen atoms in total. The molecule has 1 aromatic carbocycles. The number of carbonyl (C=O) groups excluding carboxylic acids is 1. The minimum atomic E-state index is 0.0120. The molecule has 1 aliphatic heterocycles. The summed E-state index contributed by atoms with van der Waals surface area (Å²) in [6, 6.07) is 11.3. The van der Waals surface area contributed by atoms with Gasteiger partial charge >= 0.3 is 0 Å². The first kappa shape index (κ1) is 18.7. The molecule has 2 aromatic heterocycles. The number of halogens is 1. The lowest BCUT2D eigenvalue weighted by Crippen LogP contribution is -2.39. The molecule has 1 fully saturated rings. The van der Waals surface area contributed by atoms with Crippen LogP contribution < -0.4 is 5.32 Å². The third kappa shape index (κ3) is 3.80. The first-order chi connectivity index (χ1) is 13.5. The second kappa shape index (κ2) is 7.76.